The number of ether oxygens (including phenoxy) is 1. The van der Waals surface area contributed by atoms with Crippen molar-refractivity contribution in [1.29, 1.82) is 0 Å². The topological polar surface area (TPSA) is 73.4 Å². The summed E-state index contributed by atoms with van der Waals surface area (Å²) in [5.41, 5.74) is 1.62. The molecule has 0 saturated carbocycles. The summed E-state index contributed by atoms with van der Waals surface area (Å²) in [6.07, 6.45) is 6.87. The van der Waals surface area contributed by atoms with Crippen molar-refractivity contribution >= 4 is 5.91 Å². The minimum atomic E-state index is -0.0489. The number of nitrogens with zero attached hydrogens (tertiary/aromatic N) is 4. The lowest BCUT2D eigenvalue weighted by Gasteiger charge is -2.27. The zero-order valence-electron chi connectivity index (χ0n) is 13.0. The van der Waals surface area contributed by atoms with Crippen LogP contribution in [-0.2, 0) is 18.2 Å². The molecule has 2 aromatic rings. The van der Waals surface area contributed by atoms with E-state index in [0.717, 1.165) is 18.4 Å². The number of likely N-dealkylation sites (tertiary alicyclic amines) is 1. The van der Waals surface area contributed by atoms with Crippen LogP contribution in [0.2, 0.25) is 0 Å². The van der Waals surface area contributed by atoms with Crippen molar-refractivity contribution in [1.82, 2.24) is 19.8 Å². The van der Waals surface area contributed by atoms with Crippen molar-refractivity contribution in [3.63, 3.8) is 0 Å². The Morgan fingerprint density at radius 2 is 2.32 bits per heavy atom. The maximum absolute atomic E-state index is 12.7. The third-order valence-electron chi connectivity index (χ3n) is 4.23. The van der Waals surface area contributed by atoms with Gasteiger partial charge in [-0.1, -0.05) is 5.16 Å². The largest absolute Gasteiger partial charge is 0.379 e. The van der Waals surface area contributed by atoms with Gasteiger partial charge in [0.05, 0.1) is 24.5 Å². The molecule has 1 fully saturated rings. The number of hydrogen-bond donors (Lipinski definition) is 0. The van der Waals surface area contributed by atoms with Crippen molar-refractivity contribution in [2.24, 2.45) is 7.05 Å². The minimum Gasteiger partial charge on any atom is -0.379 e. The number of methoxy groups -OCH3 is 1. The highest BCUT2D eigenvalue weighted by Gasteiger charge is 2.38. The number of hydrogen-bond acceptors (Lipinski definition) is 5. The maximum atomic E-state index is 12.7. The van der Waals surface area contributed by atoms with Crippen LogP contribution in [0.5, 0.6) is 0 Å². The van der Waals surface area contributed by atoms with Crippen LogP contribution in [0.3, 0.4) is 0 Å². The van der Waals surface area contributed by atoms with E-state index < -0.39 is 0 Å². The summed E-state index contributed by atoms with van der Waals surface area (Å²) in [7, 11) is 3.58. The number of aromatic nitrogens is 3. The van der Waals surface area contributed by atoms with E-state index in [9.17, 15) is 4.79 Å². The molecular weight excluding hydrogens is 284 g/mol. The summed E-state index contributed by atoms with van der Waals surface area (Å²) in [5.74, 6) is 0.498. The summed E-state index contributed by atoms with van der Waals surface area (Å²) < 4.78 is 12.4. The van der Waals surface area contributed by atoms with Crippen LogP contribution < -0.4 is 0 Å². The molecule has 118 valence electrons. The van der Waals surface area contributed by atoms with Crippen LogP contribution in [0.1, 0.15) is 28.1 Å². The molecular formula is C15H20N4O3. The Balaban J connectivity index is 1.83. The highest BCUT2D eigenvalue weighted by molar-refractivity contribution is 5.95. The SMILES string of the molecule is CO[C@H]1CCN(C(=O)c2cnoc2C)[C@@H]1Cc1cnn(C)c1. The van der Waals surface area contributed by atoms with Crippen LogP contribution in [0.4, 0.5) is 0 Å². The predicted molar refractivity (Wildman–Crippen MR) is 78.4 cm³/mol. The summed E-state index contributed by atoms with van der Waals surface area (Å²) >= 11 is 0. The normalized spacial score (nSPS) is 21.5. The molecule has 1 aliphatic heterocycles. The van der Waals surface area contributed by atoms with Crippen molar-refractivity contribution in [2.45, 2.75) is 31.9 Å². The highest BCUT2D eigenvalue weighted by Crippen LogP contribution is 2.26. The van der Waals surface area contributed by atoms with E-state index in [1.54, 1.807) is 18.7 Å². The molecule has 3 rings (SSSR count). The first-order valence-corrected chi connectivity index (χ1v) is 7.32. The van der Waals surface area contributed by atoms with E-state index in [1.165, 1.54) is 6.20 Å². The van der Waals surface area contributed by atoms with Gasteiger partial charge in [0.1, 0.15) is 11.3 Å². The van der Waals surface area contributed by atoms with Crippen LogP contribution in [0.15, 0.2) is 23.1 Å². The zero-order chi connectivity index (χ0) is 15.7. The van der Waals surface area contributed by atoms with Gasteiger partial charge < -0.3 is 14.2 Å². The zero-order valence-corrected chi connectivity index (χ0v) is 13.0. The minimum absolute atomic E-state index is 0.00370. The number of aryl methyl sites for hydroxylation is 2. The van der Waals surface area contributed by atoms with E-state index >= 15 is 0 Å². The number of carbonyl (C=O) groups excluding carboxylic acids is 1. The Morgan fingerprint density at radius 1 is 1.50 bits per heavy atom. The van der Waals surface area contributed by atoms with Gasteiger partial charge in [-0.15, -0.1) is 0 Å². The molecule has 1 aliphatic rings. The lowest BCUT2D eigenvalue weighted by Crippen LogP contribution is -2.41. The molecule has 0 spiro atoms. The smallest absolute Gasteiger partial charge is 0.259 e. The van der Waals surface area contributed by atoms with Crippen LogP contribution in [0.25, 0.3) is 0 Å². The van der Waals surface area contributed by atoms with E-state index in [1.807, 2.05) is 24.3 Å². The van der Waals surface area contributed by atoms with E-state index in [4.69, 9.17) is 9.26 Å². The molecule has 3 heterocycles. The summed E-state index contributed by atoms with van der Waals surface area (Å²) in [6.45, 7) is 2.42. The van der Waals surface area contributed by atoms with Crippen LogP contribution in [-0.4, -0.2) is 51.5 Å². The average molecular weight is 304 g/mol. The average Bonchev–Trinajstić information content (AvgIpc) is 3.19. The third kappa shape index (κ3) is 2.64. The molecule has 7 heteroatoms. The molecule has 0 bridgehead atoms. The summed E-state index contributed by atoms with van der Waals surface area (Å²) in [5, 5.41) is 7.89. The second-order valence-corrected chi connectivity index (χ2v) is 5.65. The van der Waals surface area contributed by atoms with Gasteiger partial charge in [0.2, 0.25) is 0 Å². The van der Waals surface area contributed by atoms with Gasteiger partial charge in [0.15, 0.2) is 0 Å². The molecule has 0 aromatic carbocycles. The fourth-order valence-corrected chi connectivity index (χ4v) is 3.07. The van der Waals surface area contributed by atoms with Crippen molar-refractivity contribution in [2.75, 3.05) is 13.7 Å². The summed E-state index contributed by atoms with van der Waals surface area (Å²) in [4.78, 5) is 14.6. The van der Waals surface area contributed by atoms with Gasteiger partial charge in [0.25, 0.3) is 5.91 Å². The molecule has 7 nitrogen and oxygen atoms in total. The van der Waals surface area contributed by atoms with Crippen molar-refractivity contribution < 1.29 is 14.1 Å². The lowest BCUT2D eigenvalue weighted by atomic mass is 10.0. The Bertz CT molecular complexity index is 663. The standard InChI is InChI=1S/C15H20N4O3/c1-10-12(8-17-22-10)15(20)19-5-4-14(21-3)13(19)6-11-7-16-18(2)9-11/h7-9,13-14H,4-6H2,1-3H3/t13-,14+/m1/s1. The molecule has 0 N–H and O–H groups in total. The first-order chi connectivity index (χ1) is 10.6. The molecule has 0 aliphatic carbocycles. The maximum Gasteiger partial charge on any atom is 0.259 e. The monoisotopic (exact) mass is 304 g/mol. The molecule has 1 saturated heterocycles. The quantitative estimate of drug-likeness (QED) is 0.848. The fourth-order valence-electron chi connectivity index (χ4n) is 3.07. The molecule has 22 heavy (non-hydrogen) atoms. The Morgan fingerprint density at radius 3 is 2.91 bits per heavy atom. The van der Waals surface area contributed by atoms with Gasteiger partial charge in [-0.25, -0.2) is 0 Å². The van der Waals surface area contributed by atoms with Crippen molar-refractivity contribution in [3.05, 3.63) is 35.5 Å². The van der Waals surface area contributed by atoms with Gasteiger partial charge in [-0.05, 0) is 25.3 Å². The first kappa shape index (κ1) is 14.8. The molecule has 1 amide bonds. The summed E-state index contributed by atoms with van der Waals surface area (Å²) in [6, 6.07) is -0.00370. The van der Waals surface area contributed by atoms with Gasteiger partial charge in [0, 0.05) is 26.9 Å². The van der Waals surface area contributed by atoms with E-state index in [0.29, 0.717) is 17.9 Å². The van der Waals surface area contributed by atoms with Gasteiger partial charge >= 0.3 is 0 Å². The van der Waals surface area contributed by atoms with Crippen LogP contribution >= 0.6 is 0 Å². The molecule has 2 aromatic heterocycles. The number of amides is 1. The third-order valence-corrected chi connectivity index (χ3v) is 4.23. The fraction of sp³-hybridized carbons (Fsp3) is 0.533. The Hall–Kier alpha value is -2.15. The van der Waals surface area contributed by atoms with Gasteiger partial charge in [-0.2, -0.15) is 5.10 Å². The number of carbonyl (C=O) groups is 1. The predicted octanol–water partition coefficient (Wildman–Crippen LogP) is 1.19. The second kappa shape index (κ2) is 5.92. The Kier molecular flexibility index (Phi) is 3.98. The molecule has 2 atom stereocenters. The van der Waals surface area contributed by atoms with E-state index in [2.05, 4.69) is 10.3 Å². The second-order valence-electron chi connectivity index (χ2n) is 5.65. The molecule has 0 radical (unpaired) electrons. The van der Waals surface area contributed by atoms with Crippen LogP contribution in [0, 0.1) is 6.92 Å². The first-order valence-electron chi connectivity index (χ1n) is 7.32. The van der Waals surface area contributed by atoms with Crippen molar-refractivity contribution in [3.8, 4) is 0 Å². The lowest BCUT2D eigenvalue weighted by molar-refractivity contribution is 0.0507. The highest BCUT2D eigenvalue weighted by atomic mass is 16.5. The van der Waals surface area contributed by atoms with E-state index in [-0.39, 0.29) is 18.1 Å². The van der Waals surface area contributed by atoms with Gasteiger partial charge in [-0.3, -0.25) is 9.48 Å². The Labute approximate surface area is 128 Å². The molecule has 0 unspecified atom stereocenters. The number of rotatable bonds is 4.